The van der Waals surface area contributed by atoms with Gasteiger partial charge in [-0.3, -0.25) is 0 Å². The van der Waals surface area contributed by atoms with Crippen LogP contribution in [0.2, 0.25) is 0 Å². The van der Waals surface area contributed by atoms with E-state index in [1.54, 1.807) is 21.3 Å². The monoisotopic (exact) mass is 424 g/mol. The summed E-state index contributed by atoms with van der Waals surface area (Å²) in [5.41, 5.74) is 7.97. The van der Waals surface area contributed by atoms with Crippen LogP contribution in [0.15, 0.2) is 42.5 Å². The molecule has 0 aliphatic heterocycles. The van der Waals surface area contributed by atoms with E-state index in [2.05, 4.69) is 0 Å². The Labute approximate surface area is 181 Å². The van der Waals surface area contributed by atoms with E-state index in [-0.39, 0.29) is 12.0 Å². The third-order valence-electron chi connectivity index (χ3n) is 5.75. The maximum Gasteiger partial charge on any atom is 0.161 e. The van der Waals surface area contributed by atoms with E-state index < -0.39 is 6.10 Å². The van der Waals surface area contributed by atoms with Gasteiger partial charge in [0.2, 0.25) is 0 Å². The molecule has 0 saturated heterocycles. The van der Waals surface area contributed by atoms with E-state index in [1.165, 1.54) is 0 Å². The topological polar surface area (TPSA) is 105 Å². The number of methoxy groups -OCH3 is 3. The third-order valence-corrected chi connectivity index (χ3v) is 5.75. The molecule has 1 aliphatic carbocycles. The van der Waals surface area contributed by atoms with Crippen molar-refractivity contribution in [2.24, 2.45) is 5.73 Å². The van der Waals surface area contributed by atoms with Crippen molar-refractivity contribution < 1.29 is 19.3 Å². The van der Waals surface area contributed by atoms with Gasteiger partial charge in [0.05, 0.1) is 33.1 Å². The van der Waals surface area contributed by atoms with Crippen molar-refractivity contribution in [2.45, 2.75) is 37.3 Å². The van der Waals surface area contributed by atoms with Crippen molar-refractivity contribution in [3.63, 3.8) is 0 Å². The normalized spacial score (nSPS) is 20.6. The van der Waals surface area contributed by atoms with Gasteiger partial charge in [-0.15, -0.1) is 0 Å². The molecule has 1 saturated carbocycles. The lowest BCUT2D eigenvalue weighted by Crippen LogP contribution is -2.28. The van der Waals surface area contributed by atoms with Crippen molar-refractivity contribution in [1.82, 2.24) is 14.8 Å². The zero-order valence-corrected chi connectivity index (χ0v) is 18.0. The largest absolute Gasteiger partial charge is 0.497 e. The molecule has 31 heavy (non-hydrogen) atoms. The average Bonchev–Trinajstić information content (AvgIpc) is 3.36. The Morgan fingerprint density at radius 3 is 2.35 bits per heavy atom. The summed E-state index contributed by atoms with van der Waals surface area (Å²) >= 11 is 0. The summed E-state index contributed by atoms with van der Waals surface area (Å²) in [4.78, 5) is 4.86. The number of hydrogen-bond acceptors (Lipinski definition) is 7. The maximum atomic E-state index is 10.2. The first kappa shape index (κ1) is 21.1. The van der Waals surface area contributed by atoms with E-state index >= 15 is 0 Å². The van der Waals surface area contributed by atoms with Gasteiger partial charge >= 0.3 is 0 Å². The fraction of sp³-hybridized carbons (Fsp3) is 0.391. The molecule has 8 heteroatoms. The Bertz CT molecular complexity index is 1020. The first-order valence-electron chi connectivity index (χ1n) is 10.3. The summed E-state index contributed by atoms with van der Waals surface area (Å²) in [5.74, 6) is 3.66. The number of rotatable bonds is 7. The van der Waals surface area contributed by atoms with Gasteiger partial charge in [0.15, 0.2) is 17.3 Å². The molecule has 0 amide bonds. The van der Waals surface area contributed by atoms with Crippen LogP contribution in [0.25, 0.3) is 5.69 Å². The second-order valence-electron chi connectivity index (χ2n) is 7.76. The maximum absolute atomic E-state index is 10.2. The minimum Gasteiger partial charge on any atom is -0.497 e. The molecule has 1 aliphatic rings. The van der Waals surface area contributed by atoms with Gasteiger partial charge in [-0.2, -0.15) is 5.10 Å². The van der Waals surface area contributed by atoms with Crippen LogP contribution < -0.4 is 19.9 Å². The lowest BCUT2D eigenvalue weighted by Gasteiger charge is -2.11. The molecule has 1 heterocycles. The molecule has 0 unspecified atom stereocenters. The average molecular weight is 425 g/mol. The number of nitrogens with two attached hydrogens (primary N) is 1. The van der Waals surface area contributed by atoms with Crippen LogP contribution in [0.3, 0.4) is 0 Å². The van der Waals surface area contributed by atoms with E-state index in [0.29, 0.717) is 36.6 Å². The minimum absolute atomic E-state index is 0.0405. The van der Waals surface area contributed by atoms with Crippen LogP contribution in [0, 0.1) is 0 Å². The molecule has 2 aromatic carbocycles. The highest BCUT2D eigenvalue weighted by molar-refractivity contribution is 5.44. The van der Waals surface area contributed by atoms with Gasteiger partial charge in [0.1, 0.15) is 11.6 Å². The fourth-order valence-corrected chi connectivity index (χ4v) is 4.05. The Morgan fingerprint density at radius 2 is 1.74 bits per heavy atom. The molecule has 4 rings (SSSR count). The van der Waals surface area contributed by atoms with E-state index in [4.69, 9.17) is 30.0 Å². The summed E-state index contributed by atoms with van der Waals surface area (Å²) in [6, 6.07) is 13.2. The zero-order chi connectivity index (χ0) is 22.0. The number of benzene rings is 2. The second kappa shape index (κ2) is 8.95. The smallest absolute Gasteiger partial charge is 0.161 e. The Kier molecular flexibility index (Phi) is 6.11. The Balaban J connectivity index is 1.69. The molecule has 3 N–H and O–H groups in total. The lowest BCUT2D eigenvalue weighted by molar-refractivity contribution is 0.163. The Morgan fingerprint density at radius 1 is 1.00 bits per heavy atom. The van der Waals surface area contributed by atoms with Crippen LogP contribution in [0.1, 0.15) is 36.0 Å². The van der Waals surface area contributed by atoms with Crippen molar-refractivity contribution in [2.75, 3.05) is 21.3 Å². The summed E-state index contributed by atoms with van der Waals surface area (Å²) in [7, 11) is 4.87. The van der Waals surface area contributed by atoms with Crippen LogP contribution in [0.4, 0.5) is 0 Å². The zero-order valence-electron chi connectivity index (χ0n) is 18.0. The molecule has 3 aromatic rings. The second-order valence-corrected chi connectivity index (χ2v) is 7.76. The molecule has 164 valence electrons. The molecular weight excluding hydrogens is 396 g/mol. The molecule has 0 radical (unpaired) electrons. The van der Waals surface area contributed by atoms with Crippen molar-refractivity contribution in [1.29, 1.82) is 0 Å². The molecule has 1 aromatic heterocycles. The van der Waals surface area contributed by atoms with Gasteiger partial charge in [-0.1, -0.05) is 6.07 Å². The van der Waals surface area contributed by atoms with E-state index in [1.807, 2.05) is 47.1 Å². The van der Waals surface area contributed by atoms with Gasteiger partial charge in [0.25, 0.3) is 0 Å². The van der Waals surface area contributed by atoms with Crippen LogP contribution >= 0.6 is 0 Å². The lowest BCUT2D eigenvalue weighted by atomic mass is 10.1. The number of ether oxygens (including phenoxy) is 3. The third kappa shape index (κ3) is 4.35. The van der Waals surface area contributed by atoms with Crippen LogP contribution in [0.5, 0.6) is 17.2 Å². The molecule has 3 atom stereocenters. The standard InChI is InChI=1S/C23H28N4O4/c1-29-17-7-5-16(6-8-17)27-23(15-12-18(24)19(28)13-15)25-22(26-27)11-14-4-9-20(30-2)21(10-14)31-3/h4-10,15,18-19,28H,11-13,24H2,1-3H3/t15-,18+,19+/m0/s1. The van der Waals surface area contributed by atoms with Crippen molar-refractivity contribution in [3.8, 4) is 22.9 Å². The highest BCUT2D eigenvalue weighted by Crippen LogP contribution is 2.35. The molecule has 0 bridgehead atoms. The van der Waals surface area contributed by atoms with E-state index in [0.717, 1.165) is 22.8 Å². The minimum atomic E-state index is -0.527. The summed E-state index contributed by atoms with van der Waals surface area (Å²) in [6.45, 7) is 0. The Hall–Kier alpha value is -3.10. The number of aromatic nitrogens is 3. The van der Waals surface area contributed by atoms with Gasteiger partial charge in [0, 0.05) is 18.4 Å². The molecular formula is C23H28N4O4. The highest BCUT2D eigenvalue weighted by atomic mass is 16.5. The predicted octanol–water partition coefficient (Wildman–Crippen LogP) is 2.45. The molecule has 1 fully saturated rings. The van der Waals surface area contributed by atoms with Gasteiger partial charge < -0.3 is 25.1 Å². The highest BCUT2D eigenvalue weighted by Gasteiger charge is 2.34. The van der Waals surface area contributed by atoms with Crippen LogP contribution in [-0.4, -0.2) is 53.3 Å². The van der Waals surface area contributed by atoms with Gasteiger partial charge in [-0.05, 0) is 54.8 Å². The summed E-state index contributed by atoms with van der Waals surface area (Å²) in [6.07, 6.45) is 1.26. The number of aliphatic hydroxyl groups is 1. The number of nitrogens with zero attached hydrogens (tertiary/aromatic N) is 3. The fourth-order valence-electron chi connectivity index (χ4n) is 4.05. The van der Waals surface area contributed by atoms with E-state index in [9.17, 15) is 5.11 Å². The number of hydrogen-bond donors (Lipinski definition) is 2. The van der Waals surface area contributed by atoms with Crippen molar-refractivity contribution in [3.05, 3.63) is 59.7 Å². The summed E-state index contributed by atoms with van der Waals surface area (Å²) in [5, 5.41) is 15.0. The predicted molar refractivity (Wildman–Crippen MR) is 116 cm³/mol. The van der Waals surface area contributed by atoms with Crippen LogP contribution in [-0.2, 0) is 6.42 Å². The first-order chi connectivity index (χ1) is 15.0. The first-order valence-corrected chi connectivity index (χ1v) is 10.3. The molecule has 0 spiro atoms. The summed E-state index contributed by atoms with van der Waals surface area (Å²) < 4.78 is 17.9. The van der Waals surface area contributed by atoms with Crippen molar-refractivity contribution >= 4 is 0 Å². The van der Waals surface area contributed by atoms with Gasteiger partial charge in [-0.25, -0.2) is 9.67 Å². The SMILES string of the molecule is COc1ccc(-n2nc(Cc3ccc(OC)c(OC)c3)nc2[C@H]2C[C@@H](N)[C@H](O)C2)cc1. The molecule has 8 nitrogen and oxygen atoms in total. The number of aliphatic hydroxyl groups excluding tert-OH is 1. The quantitative estimate of drug-likeness (QED) is 0.600.